The lowest BCUT2D eigenvalue weighted by atomic mass is 10.0. The fourth-order valence-electron chi connectivity index (χ4n) is 3.31. The Bertz CT molecular complexity index is 592. The Balaban J connectivity index is 2.65. The van der Waals surface area contributed by atoms with Crippen molar-refractivity contribution in [3.05, 3.63) is 0 Å². The smallest absolute Gasteiger partial charge is 0.326 e. The van der Waals surface area contributed by atoms with Gasteiger partial charge in [0, 0.05) is 0 Å². The van der Waals surface area contributed by atoms with Gasteiger partial charge < -0.3 is 32.1 Å². The summed E-state index contributed by atoms with van der Waals surface area (Å²) in [5.41, 5.74) is 5.42. The average Bonchev–Trinajstić information content (AvgIpc) is 3.20. The van der Waals surface area contributed by atoms with Crippen LogP contribution < -0.4 is 27.0 Å². The van der Waals surface area contributed by atoms with Gasteiger partial charge in [-0.1, -0.05) is 13.8 Å². The van der Waals surface area contributed by atoms with Crippen LogP contribution in [0.3, 0.4) is 0 Å². The number of nitrogens with two attached hydrogens (primary N) is 1. The maximum Gasteiger partial charge on any atom is 0.326 e. The molecule has 0 aliphatic carbocycles. The Kier molecular flexibility index (Phi) is 11.3. The van der Waals surface area contributed by atoms with E-state index >= 15 is 0 Å². The lowest BCUT2D eigenvalue weighted by Gasteiger charge is -2.24. The molecule has 0 bridgehead atoms. The molecule has 1 aliphatic rings. The fraction of sp³-hybridized carbons (Fsp3) is 0.800. The van der Waals surface area contributed by atoms with Gasteiger partial charge in [0.1, 0.15) is 18.1 Å². The lowest BCUT2D eigenvalue weighted by molar-refractivity contribution is -0.142. The van der Waals surface area contributed by atoms with E-state index in [2.05, 4.69) is 21.3 Å². The molecule has 1 aliphatic heterocycles. The zero-order valence-electron chi connectivity index (χ0n) is 18.2. The maximum absolute atomic E-state index is 12.7. The van der Waals surface area contributed by atoms with E-state index < -0.39 is 35.9 Å². The highest BCUT2D eigenvalue weighted by molar-refractivity contribution is 5.93. The molecule has 0 aromatic rings. The zero-order valence-corrected chi connectivity index (χ0v) is 18.2. The molecule has 30 heavy (non-hydrogen) atoms. The average molecular weight is 428 g/mol. The molecule has 7 N–H and O–H groups in total. The van der Waals surface area contributed by atoms with Crippen LogP contribution in [0.5, 0.6) is 0 Å². The summed E-state index contributed by atoms with van der Waals surface area (Å²) in [5, 5.41) is 20.2. The number of rotatable bonds is 13. The third-order valence-electron chi connectivity index (χ3n) is 5.03. The Labute approximate surface area is 178 Å². The number of amides is 3. The highest BCUT2D eigenvalue weighted by Crippen LogP contribution is 2.09. The summed E-state index contributed by atoms with van der Waals surface area (Å²) >= 11 is 0. The molecule has 10 heteroatoms. The van der Waals surface area contributed by atoms with Crippen LogP contribution in [0.15, 0.2) is 0 Å². The summed E-state index contributed by atoms with van der Waals surface area (Å²) in [6.45, 7) is 6.58. The van der Waals surface area contributed by atoms with Crippen molar-refractivity contribution in [3.63, 3.8) is 0 Å². The quantitative estimate of drug-likeness (QED) is 0.215. The van der Waals surface area contributed by atoms with Crippen LogP contribution in [0.2, 0.25) is 0 Å². The van der Waals surface area contributed by atoms with E-state index in [1.807, 2.05) is 13.8 Å². The van der Waals surface area contributed by atoms with Crippen LogP contribution in [0.25, 0.3) is 0 Å². The molecule has 0 aromatic carbocycles. The molecule has 172 valence electrons. The van der Waals surface area contributed by atoms with Crippen LogP contribution in [-0.4, -0.2) is 66.1 Å². The van der Waals surface area contributed by atoms with Crippen molar-refractivity contribution in [1.82, 2.24) is 21.3 Å². The molecule has 0 saturated carbocycles. The molecule has 1 saturated heterocycles. The van der Waals surface area contributed by atoms with Crippen molar-refractivity contribution in [2.24, 2.45) is 11.7 Å². The van der Waals surface area contributed by atoms with E-state index in [0.717, 1.165) is 19.4 Å². The van der Waals surface area contributed by atoms with Crippen LogP contribution >= 0.6 is 0 Å². The molecule has 0 spiro atoms. The summed E-state index contributed by atoms with van der Waals surface area (Å²) in [5.74, 6) is -2.26. The van der Waals surface area contributed by atoms with Crippen molar-refractivity contribution < 1.29 is 24.3 Å². The maximum atomic E-state index is 12.7. The van der Waals surface area contributed by atoms with Gasteiger partial charge in [-0.2, -0.15) is 0 Å². The van der Waals surface area contributed by atoms with E-state index in [1.54, 1.807) is 0 Å². The third-order valence-corrected chi connectivity index (χ3v) is 5.03. The van der Waals surface area contributed by atoms with Gasteiger partial charge in [0.2, 0.25) is 17.7 Å². The van der Waals surface area contributed by atoms with Gasteiger partial charge in [0.05, 0.1) is 6.04 Å². The Morgan fingerprint density at radius 1 is 1.03 bits per heavy atom. The second-order valence-corrected chi connectivity index (χ2v) is 8.25. The van der Waals surface area contributed by atoms with Crippen molar-refractivity contribution >= 4 is 23.7 Å². The molecule has 0 aromatic heterocycles. The van der Waals surface area contributed by atoms with E-state index in [0.29, 0.717) is 25.8 Å². The number of hydrogen-bond acceptors (Lipinski definition) is 6. The molecule has 1 fully saturated rings. The summed E-state index contributed by atoms with van der Waals surface area (Å²) in [4.78, 5) is 48.9. The Hall–Kier alpha value is -2.20. The normalized spacial score (nSPS) is 19.0. The van der Waals surface area contributed by atoms with E-state index in [4.69, 9.17) is 5.73 Å². The number of carboxylic acid groups (broad SMARTS) is 1. The number of carboxylic acids is 1. The minimum Gasteiger partial charge on any atom is -0.480 e. The van der Waals surface area contributed by atoms with Gasteiger partial charge in [-0.05, 0) is 64.5 Å². The SMILES string of the molecule is CC(C)CC(NC(=O)C1CCCN1)C(=O)NC(C)C(=O)NC(CCCCN)C(=O)O. The van der Waals surface area contributed by atoms with Crippen molar-refractivity contribution in [2.45, 2.75) is 83.5 Å². The van der Waals surface area contributed by atoms with E-state index in [9.17, 15) is 24.3 Å². The monoisotopic (exact) mass is 427 g/mol. The molecule has 1 heterocycles. The Morgan fingerprint density at radius 2 is 1.73 bits per heavy atom. The zero-order chi connectivity index (χ0) is 22.7. The molecular formula is C20H37N5O5. The van der Waals surface area contributed by atoms with Gasteiger partial charge in [-0.25, -0.2) is 4.79 Å². The molecular weight excluding hydrogens is 390 g/mol. The minimum atomic E-state index is -1.13. The van der Waals surface area contributed by atoms with Crippen LogP contribution in [0.1, 0.15) is 59.3 Å². The molecule has 1 rings (SSSR count). The van der Waals surface area contributed by atoms with E-state index in [1.165, 1.54) is 6.92 Å². The molecule has 4 atom stereocenters. The van der Waals surface area contributed by atoms with Crippen LogP contribution in [0, 0.1) is 5.92 Å². The van der Waals surface area contributed by atoms with Gasteiger partial charge >= 0.3 is 5.97 Å². The van der Waals surface area contributed by atoms with E-state index in [-0.39, 0.29) is 24.3 Å². The summed E-state index contributed by atoms with van der Waals surface area (Å²) in [6.07, 6.45) is 3.56. The number of aliphatic carboxylic acids is 1. The lowest BCUT2D eigenvalue weighted by Crippen LogP contribution is -2.56. The number of carbonyl (C=O) groups excluding carboxylic acids is 3. The topological polar surface area (TPSA) is 163 Å². The van der Waals surface area contributed by atoms with Crippen LogP contribution in [0.4, 0.5) is 0 Å². The first kappa shape index (κ1) is 25.8. The van der Waals surface area contributed by atoms with Gasteiger partial charge in [0.25, 0.3) is 0 Å². The minimum absolute atomic E-state index is 0.153. The summed E-state index contributed by atoms with van der Waals surface area (Å²) in [7, 11) is 0. The Morgan fingerprint density at radius 3 is 2.27 bits per heavy atom. The molecule has 3 amide bonds. The highest BCUT2D eigenvalue weighted by Gasteiger charge is 2.30. The predicted molar refractivity (Wildman–Crippen MR) is 112 cm³/mol. The molecule has 4 unspecified atom stereocenters. The highest BCUT2D eigenvalue weighted by atomic mass is 16.4. The van der Waals surface area contributed by atoms with Gasteiger partial charge in [0.15, 0.2) is 0 Å². The first-order valence-electron chi connectivity index (χ1n) is 10.7. The number of nitrogens with one attached hydrogen (secondary N) is 4. The van der Waals surface area contributed by atoms with Crippen molar-refractivity contribution in [3.8, 4) is 0 Å². The molecule has 10 nitrogen and oxygen atoms in total. The number of carbonyl (C=O) groups is 4. The second-order valence-electron chi connectivity index (χ2n) is 8.25. The summed E-state index contributed by atoms with van der Waals surface area (Å²) < 4.78 is 0. The number of unbranched alkanes of at least 4 members (excludes halogenated alkanes) is 1. The number of hydrogen-bond donors (Lipinski definition) is 6. The van der Waals surface area contributed by atoms with Gasteiger partial charge in [-0.3, -0.25) is 14.4 Å². The van der Waals surface area contributed by atoms with Crippen molar-refractivity contribution in [2.75, 3.05) is 13.1 Å². The standard InChI is InChI=1S/C20H37N5O5/c1-12(2)11-16(25-18(27)14-8-6-10-22-14)19(28)23-13(3)17(26)24-15(20(29)30)7-4-5-9-21/h12-16,22H,4-11,21H2,1-3H3,(H,23,28)(H,24,26)(H,25,27)(H,29,30). The van der Waals surface area contributed by atoms with Crippen molar-refractivity contribution in [1.29, 1.82) is 0 Å². The first-order chi connectivity index (χ1) is 14.1. The van der Waals surface area contributed by atoms with Gasteiger partial charge in [-0.15, -0.1) is 0 Å². The third kappa shape index (κ3) is 9.08. The fourth-order valence-corrected chi connectivity index (χ4v) is 3.31. The first-order valence-corrected chi connectivity index (χ1v) is 10.7. The largest absolute Gasteiger partial charge is 0.480 e. The second kappa shape index (κ2) is 13.2. The molecule has 0 radical (unpaired) electrons. The summed E-state index contributed by atoms with van der Waals surface area (Å²) in [6, 6.07) is -3.05. The van der Waals surface area contributed by atoms with Crippen LogP contribution in [-0.2, 0) is 19.2 Å². The predicted octanol–water partition coefficient (Wildman–Crippen LogP) is -0.528.